The Kier molecular flexibility index (Phi) is 5.00. The van der Waals surface area contributed by atoms with Gasteiger partial charge in [-0.05, 0) is 35.0 Å². The van der Waals surface area contributed by atoms with Crippen molar-refractivity contribution >= 4 is 15.7 Å². The van der Waals surface area contributed by atoms with E-state index in [0.29, 0.717) is 27.3 Å². The minimum absolute atomic E-state index is 0.178. The van der Waals surface area contributed by atoms with E-state index >= 15 is 0 Å². The molecule has 0 aliphatic rings. The molecule has 3 rings (SSSR count). The zero-order valence-corrected chi connectivity index (χ0v) is 14.3. The van der Waals surface area contributed by atoms with E-state index in [4.69, 9.17) is 25.7 Å². The molecule has 0 bridgehead atoms. The highest BCUT2D eigenvalue weighted by Crippen LogP contribution is 2.33. The smallest absolute Gasteiger partial charge is 0.333 e. The van der Waals surface area contributed by atoms with E-state index < -0.39 is 11.8 Å². The van der Waals surface area contributed by atoms with Gasteiger partial charge >= 0.3 is 6.55 Å². The van der Waals surface area contributed by atoms with Gasteiger partial charge in [-0.1, -0.05) is 12.1 Å². The molecule has 2 aromatic heterocycles. The summed E-state index contributed by atoms with van der Waals surface area (Å²) >= 11 is 0. The maximum atomic E-state index is 12.8. The van der Waals surface area contributed by atoms with E-state index in [1.807, 2.05) is 0 Å². The molecule has 0 N–H and O–H groups in total. The molecule has 0 amide bonds. The number of methoxy groups -OCH3 is 1. The van der Waals surface area contributed by atoms with Gasteiger partial charge in [0.2, 0.25) is 0 Å². The number of alkyl halides is 2. The van der Waals surface area contributed by atoms with Crippen LogP contribution in [0.25, 0.3) is 11.3 Å². The topological polar surface area (TPSA) is 63.7 Å². The van der Waals surface area contributed by atoms with Crippen LogP contribution in [-0.2, 0) is 5.21 Å². The second-order valence-corrected chi connectivity index (χ2v) is 5.80. The van der Waals surface area contributed by atoms with Gasteiger partial charge in [-0.25, -0.2) is 9.67 Å². The molecule has 0 atom stereocenters. The number of halogens is 2. The monoisotopic (exact) mass is 360 g/mol. The molecule has 0 aliphatic heterocycles. The first kappa shape index (κ1) is 18.6. The molecule has 9 heteroatoms. The third kappa shape index (κ3) is 3.56. The highest BCUT2D eigenvalue weighted by molar-refractivity contribution is 6.42. The Labute approximate surface area is 157 Å². The molecule has 4 radical (unpaired) electrons. The first-order valence-corrected chi connectivity index (χ1v) is 7.83. The van der Waals surface area contributed by atoms with E-state index in [-0.39, 0.29) is 11.3 Å². The normalized spacial score (nSPS) is 11.4. The van der Waals surface area contributed by atoms with E-state index in [2.05, 4.69) is 16.2 Å². The summed E-state index contributed by atoms with van der Waals surface area (Å²) in [6, 6.07) is 12.0. The van der Waals surface area contributed by atoms with Crippen LogP contribution in [0.4, 0.5) is 8.78 Å². The Hall–Kier alpha value is -3.14. The Morgan fingerprint density at radius 3 is 2.67 bits per heavy atom. The largest absolute Gasteiger partial charge is 0.494 e. The van der Waals surface area contributed by atoms with Crippen molar-refractivity contribution in [3.63, 3.8) is 0 Å². The zero-order chi connectivity index (χ0) is 19.6. The van der Waals surface area contributed by atoms with Crippen molar-refractivity contribution in [2.45, 2.75) is 11.8 Å². The molecule has 3 aromatic rings. The highest BCUT2D eigenvalue weighted by atomic mass is 19.3. The second kappa shape index (κ2) is 7.23. The number of benzene rings is 1. The SMILES string of the molecule is [B]C([B])(c1cnn(C(F)F)c1)c1ccc(OC)c(-c2cccc(C#N)c2)n1. The standard InChI is InChI=1S/C18H12B2F2N4O/c1-27-14-5-6-15(18(19,20)13-9-24-26(10-13)17(21)22)25-16(14)12-4-2-3-11(7-12)8-23/h2-7,9-10,17H,1H3. The fourth-order valence-electron chi connectivity index (χ4n) is 2.59. The van der Waals surface area contributed by atoms with Crippen LogP contribution in [-0.4, -0.2) is 37.6 Å². The average Bonchev–Trinajstić information content (AvgIpc) is 3.19. The van der Waals surface area contributed by atoms with Crippen molar-refractivity contribution in [2.24, 2.45) is 0 Å². The number of rotatable bonds is 5. The predicted molar refractivity (Wildman–Crippen MR) is 96.7 cm³/mol. The van der Waals surface area contributed by atoms with Crippen molar-refractivity contribution in [3.05, 3.63) is 65.6 Å². The lowest BCUT2D eigenvalue weighted by atomic mass is 9.50. The molecule has 130 valence electrons. The van der Waals surface area contributed by atoms with Crippen LogP contribution in [0.2, 0.25) is 0 Å². The van der Waals surface area contributed by atoms with Crippen molar-refractivity contribution in [3.8, 4) is 23.1 Å². The molecule has 1 aromatic carbocycles. The predicted octanol–water partition coefficient (Wildman–Crippen LogP) is 2.76. The van der Waals surface area contributed by atoms with Crippen LogP contribution < -0.4 is 4.74 Å². The van der Waals surface area contributed by atoms with Gasteiger partial charge < -0.3 is 4.74 Å². The Morgan fingerprint density at radius 1 is 1.26 bits per heavy atom. The third-order valence-electron chi connectivity index (χ3n) is 4.05. The van der Waals surface area contributed by atoms with Crippen molar-refractivity contribution in [1.82, 2.24) is 14.8 Å². The number of aromatic nitrogens is 3. The van der Waals surface area contributed by atoms with E-state index in [0.717, 1.165) is 6.20 Å². The second-order valence-electron chi connectivity index (χ2n) is 5.80. The number of ether oxygens (including phenoxy) is 1. The lowest BCUT2D eigenvalue weighted by Crippen LogP contribution is -2.29. The van der Waals surface area contributed by atoms with Gasteiger partial charge in [0.1, 0.15) is 11.4 Å². The minimum atomic E-state index is -2.80. The molecule has 0 saturated heterocycles. The minimum Gasteiger partial charge on any atom is -0.494 e. The summed E-state index contributed by atoms with van der Waals surface area (Å²) in [4.78, 5) is 4.48. The summed E-state index contributed by atoms with van der Waals surface area (Å²) in [7, 11) is 13.9. The van der Waals surface area contributed by atoms with Gasteiger partial charge in [-0.3, -0.25) is 0 Å². The summed E-state index contributed by atoms with van der Waals surface area (Å²) in [5.41, 5.74) is 1.92. The zero-order valence-electron chi connectivity index (χ0n) is 14.3. The lowest BCUT2D eigenvalue weighted by Gasteiger charge is -2.25. The van der Waals surface area contributed by atoms with Gasteiger partial charge in [0.05, 0.1) is 40.6 Å². The molecule has 5 nitrogen and oxygen atoms in total. The van der Waals surface area contributed by atoms with E-state index in [9.17, 15) is 8.78 Å². The first-order valence-electron chi connectivity index (χ1n) is 7.83. The van der Waals surface area contributed by atoms with Crippen LogP contribution >= 0.6 is 0 Å². The van der Waals surface area contributed by atoms with Crippen LogP contribution in [0.1, 0.15) is 23.4 Å². The van der Waals surface area contributed by atoms with Crippen LogP contribution in [0.5, 0.6) is 5.75 Å². The van der Waals surface area contributed by atoms with Crippen molar-refractivity contribution < 1.29 is 13.5 Å². The van der Waals surface area contributed by atoms with E-state index in [1.165, 1.54) is 13.3 Å². The number of pyridine rings is 1. The van der Waals surface area contributed by atoms with Gasteiger partial charge in [0.25, 0.3) is 0 Å². The Bertz CT molecular complexity index is 1010. The lowest BCUT2D eigenvalue weighted by molar-refractivity contribution is 0.0565. The molecule has 0 aliphatic carbocycles. The van der Waals surface area contributed by atoms with E-state index in [1.54, 1.807) is 36.4 Å². The molecule has 2 heterocycles. The van der Waals surface area contributed by atoms with Crippen LogP contribution in [0, 0.1) is 11.3 Å². The van der Waals surface area contributed by atoms with Gasteiger partial charge in [-0.2, -0.15) is 19.1 Å². The van der Waals surface area contributed by atoms with Gasteiger partial charge in [0.15, 0.2) is 0 Å². The quantitative estimate of drug-likeness (QED) is 0.657. The van der Waals surface area contributed by atoms with Crippen LogP contribution in [0.15, 0.2) is 48.8 Å². The fraction of sp³-hybridized carbons (Fsp3) is 0.167. The molecular weight excluding hydrogens is 348 g/mol. The van der Waals surface area contributed by atoms with Gasteiger partial charge in [-0.15, -0.1) is 0 Å². The first-order chi connectivity index (χ1) is 12.9. The Balaban J connectivity index is 2.10. The number of nitriles is 1. The maximum absolute atomic E-state index is 12.8. The molecule has 0 spiro atoms. The summed E-state index contributed by atoms with van der Waals surface area (Å²) in [6.45, 7) is -2.80. The fourth-order valence-corrected chi connectivity index (χ4v) is 2.59. The molecule has 0 unspecified atom stereocenters. The molecule has 0 saturated carbocycles. The molecular formula is C18H12B2F2N4O. The maximum Gasteiger partial charge on any atom is 0.333 e. The third-order valence-corrected chi connectivity index (χ3v) is 4.05. The Morgan fingerprint density at radius 2 is 2.04 bits per heavy atom. The van der Waals surface area contributed by atoms with Crippen molar-refractivity contribution in [2.75, 3.05) is 7.11 Å². The van der Waals surface area contributed by atoms with Gasteiger partial charge in [0, 0.05) is 17.5 Å². The summed E-state index contributed by atoms with van der Waals surface area (Å²) in [6.07, 6.45) is 2.25. The average molecular weight is 360 g/mol. The summed E-state index contributed by atoms with van der Waals surface area (Å²) < 4.78 is 31.4. The summed E-state index contributed by atoms with van der Waals surface area (Å²) in [5, 5.41) is 11.0. The van der Waals surface area contributed by atoms with Crippen LogP contribution in [0.3, 0.4) is 0 Å². The van der Waals surface area contributed by atoms with Crippen molar-refractivity contribution in [1.29, 1.82) is 5.26 Å². The molecule has 0 fully saturated rings. The summed E-state index contributed by atoms with van der Waals surface area (Å²) in [5.74, 6) is 0.452. The highest BCUT2D eigenvalue weighted by Gasteiger charge is 2.27. The number of hydrogen-bond donors (Lipinski definition) is 0. The number of hydrogen-bond acceptors (Lipinski definition) is 4. The molecule has 27 heavy (non-hydrogen) atoms. The number of nitrogens with zero attached hydrogens (tertiary/aromatic N) is 4.